The summed E-state index contributed by atoms with van der Waals surface area (Å²) in [7, 11) is 0. The molecule has 0 N–H and O–H groups in total. The zero-order valence-corrected chi connectivity index (χ0v) is 13.5. The minimum absolute atomic E-state index is 0.307. The molecule has 0 bridgehead atoms. The molecule has 0 amide bonds. The fraction of sp³-hybridized carbons (Fsp3) is 0.882. The Kier molecular flexibility index (Phi) is 4.91. The lowest BCUT2D eigenvalue weighted by Gasteiger charge is -2.42. The maximum Gasteiger partial charge on any atom is 0.0174 e. The molecule has 1 heterocycles. The standard InChI is InChI=1S/C17H33N/c1-14(18-11-9-8-10-12-18)15(17(5,6)7)13-16(2,3)4/h15H,1,8-13H2,2-7H3. The first-order valence-electron chi connectivity index (χ1n) is 7.55. The molecule has 0 spiro atoms. The molecule has 1 atom stereocenters. The molecule has 1 saturated heterocycles. The predicted octanol–water partition coefficient (Wildman–Crippen LogP) is 5.08. The molecule has 1 heteroatoms. The highest BCUT2D eigenvalue weighted by Crippen LogP contribution is 2.41. The third-order valence-corrected chi connectivity index (χ3v) is 4.03. The van der Waals surface area contributed by atoms with Crippen molar-refractivity contribution in [2.24, 2.45) is 16.7 Å². The van der Waals surface area contributed by atoms with E-state index in [1.807, 2.05) is 0 Å². The van der Waals surface area contributed by atoms with E-state index in [1.54, 1.807) is 0 Å². The summed E-state index contributed by atoms with van der Waals surface area (Å²) in [6.07, 6.45) is 5.30. The molecule has 1 nitrogen and oxygen atoms in total. The monoisotopic (exact) mass is 251 g/mol. The van der Waals surface area contributed by atoms with Crippen molar-refractivity contribution in [3.63, 3.8) is 0 Å². The lowest BCUT2D eigenvalue weighted by Crippen LogP contribution is -2.37. The second-order valence-corrected chi connectivity index (χ2v) is 8.22. The number of likely N-dealkylation sites (tertiary alicyclic amines) is 1. The van der Waals surface area contributed by atoms with Crippen LogP contribution < -0.4 is 0 Å². The van der Waals surface area contributed by atoms with Gasteiger partial charge in [-0.2, -0.15) is 0 Å². The van der Waals surface area contributed by atoms with Gasteiger partial charge in [-0.1, -0.05) is 48.1 Å². The molecule has 1 aliphatic rings. The molecule has 0 radical (unpaired) electrons. The fourth-order valence-corrected chi connectivity index (χ4v) is 2.94. The summed E-state index contributed by atoms with van der Waals surface area (Å²) < 4.78 is 0. The van der Waals surface area contributed by atoms with Crippen molar-refractivity contribution >= 4 is 0 Å². The van der Waals surface area contributed by atoms with Gasteiger partial charge in [0, 0.05) is 24.7 Å². The summed E-state index contributed by atoms with van der Waals surface area (Å²) in [6, 6.07) is 0. The number of hydrogen-bond acceptors (Lipinski definition) is 1. The highest BCUT2D eigenvalue weighted by Gasteiger charge is 2.33. The highest BCUT2D eigenvalue weighted by atomic mass is 15.1. The van der Waals surface area contributed by atoms with Gasteiger partial charge in [-0.15, -0.1) is 0 Å². The van der Waals surface area contributed by atoms with Gasteiger partial charge < -0.3 is 4.90 Å². The second kappa shape index (κ2) is 5.67. The minimum atomic E-state index is 0.307. The molecule has 1 fully saturated rings. The van der Waals surface area contributed by atoms with E-state index >= 15 is 0 Å². The van der Waals surface area contributed by atoms with E-state index < -0.39 is 0 Å². The molecule has 0 aromatic heterocycles. The van der Waals surface area contributed by atoms with Gasteiger partial charge in [0.15, 0.2) is 0 Å². The largest absolute Gasteiger partial charge is 0.375 e. The van der Waals surface area contributed by atoms with Crippen LogP contribution in [0.5, 0.6) is 0 Å². The van der Waals surface area contributed by atoms with E-state index in [1.165, 1.54) is 44.5 Å². The number of rotatable bonds is 3. The van der Waals surface area contributed by atoms with E-state index in [4.69, 9.17) is 0 Å². The second-order valence-electron chi connectivity index (χ2n) is 8.22. The maximum atomic E-state index is 4.46. The van der Waals surface area contributed by atoms with Crippen molar-refractivity contribution in [2.45, 2.75) is 67.2 Å². The maximum absolute atomic E-state index is 4.46. The normalized spacial score (nSPS) is 19.8. The first kappa shape index (κ1) is 15.6. The summed E-state index contributed by atoms with van der Waals surface area (Å²) in [5.41, 5.74) is 2.07. The number of nitrogens with zero attached hydrogens (tertiary/aromatic N) is 1. The fourth-order valence-electron chi connectivity index (χ4n) is 2.94. The Morgan fingerprint density at radius 2 is 1.50 bits per heavy atom. The van der Waals surface area contributed by atoms with Crippen molar-refractivity contribution < 1.29 is 0 Å². The zero-order chi connectivity index (χ0) is 14.0. The summed E-state index contributed by atoms with van der Waals surface area (Å²) in [6.45, 7) is 21.0. The van der Waals surface area contributed by atoms with Crippen LogP contribution in [0.3, 0.4) is 0 Å². The third kappa shape index (κ3) is 4.66. The van der Waals surface area contributed by atoms with Crippen molar-refractivity contribution in [1.29, 1.82) is 0 Å². The van der Waals surface area contributed by atoms with Crippen LogP contribution in [-0.4, -0.2) is 18.0 Å². The van der Waals surface area contributed by atoms with Gasteiger partial charge in [0.1, 0.15) is 0 Å². The Morgan fingerprint density at radius 1 is 1.00 bits per heavy atom. The molecular formula is C17H33N. The van der Waals surface area contributed by atoms with Gasteiger partial charge in [0.2, 0.25) is 0 Å². The van der Waals surface area contributed by atoms with Crippen molar-refractivity contribution in [1.82, 2.24) is 4.90 Å². The minimum Gasteiger partial charge on any atom is -0.375 e. The third-order valence-electron chi connectivity index (χ3n) is 4.03. The van der Waals surface area contributed by atoms with Crippen LogP contribution in [0.15, 0.2) is 12.3 Å². The summed E-state index contributed by atoms with van der Waals surface area (Å²) in [5, 5.41) is 0. The SMILES string of the molecule is C=C(C(CC(C)(C)C)C(C)(C)C)N1CCCCC1. The van der Waals surface area contributed by atoms with Crippen LogP contribution in [0.2, 0.25) is 0 Å². The van der Waals surface area contributed by atoms with Gasteiger partial charge in [0.25, 0.3) is 0 Å². The van der Waals surface area contributed by atoms with Crippen LogP contribution in [0, 0.1) is 16.7 Å². The number of piperidine rings is 1. The summed E-state index contributed by atoms with van der Waals surface area (Å²) in [4.78, 5) is 2.55. The van der Waals surface area contributed by atoms with Crippen molar-refractivity contribution in [3.05, 3.63) is 12.3 Å². The molecule has 106 valence electrons. The van der Waals surface area contributed by atoms with E-state index in [0.29, 0.717) is 16.7 Å². The first-order valence-corrected chi connectivity index (χ1v) is 7.55. The van der Waals surface area contributed by atoms with Gasteiger partial charge >= 0.3 is 0 Å². The van der Waals surface area contributed by atoms with Gasteiger partial charge in [0.05, 0.1) is 0 Å². The zero-order valence-electron chi connectivity index (χ0n) is 13.5. The Labute approximate surface area is 115 Å². The lowest BCUT2D eigenvalue weighted by molar-refractivity contribution is 0.145. The van der Waals surface area contributed by atoms with E-state index in [9.17, 15) is 0 Å². The first-order chi connectivity index (χ1) is 8.11. The highest BCUT2D eigenvalue weighted by molar-refractivity contribution is 5.06. The molecule has 1 rings (SSSR count). The predicted molar refractivity (Wildman–Crippen MR) is 81.6 cm³/mol. The molecule has 18 heavy (non-hydrogen) atoms. The molecule has 1 unspecified atom stereocenters. The molecular weight excluding hydrogens is 218 g/mol. The van der Waals surface area contributed by atoms with E-state index in [-0.39, 0.29) is 0 Å². The van der Waals surface area contributed by atoms with Crippen molar-refractivity contribution in [3.8, 4) is 0 Å². The van der Waals surface area contributed by atoms with E-state index in [0.717, 1.165) is 0 Å². The van der Waals surface area contributed by atoms with Crippen LogP contribution >= 0.6 is 0 Å². The van der Waals surface area contributed by atoms with Crippen LogP contribution in [0.25, 0.3) is 0 Å². The molecule has 0 aromatic carbocycles. The molecule has 0 aromatic rings. The summed E-state index contributed by atoms with van der Waals surface area (Å²) >= 11 is 0. The van der Waals surface area contributed by atoms with Crippen molar-refractivity contribution in [2.75, 3.05) is 13.1 Å². The van der Waals surface area contributed by atoms with Crippen LogP contribution in [-0.2, 0) is 0 Å². The Hall–Kier alpha value is -0.460. The number of hydrogen-bond donors (Lipinski definition) is 0. The van der Waals surface area contributed by atoms with Crippen LogP contribution in [0.4, 0.5) is 0 Å². The quantitative estimate of drug-likeness (QED) is 0.675. The average molecular weight is 251 g/mol. The number of allylic oxidation sites excluding steroid dienone is 1. The lowest BCUT2D eigenvalue weighted by atomic mass is 9.70. The molecule has 0 aliphatic carbocycles. The van der Waals surface area contributed by atoms with Gasteiger partial charge in [-0.05, 0) is 36.5 Å². The molecule has 0 saturated carbocycles. The van der Waals surface area contributed by atoms with Crippen LogP contribution in [0.1, 0.15) is 67.2 Å². The smallest absolute Gasteiger partial charge is 0.0174 e. The van der Waals surface area contributed by atoms with Gasteiger partial charge in [-0.3, -0.25) is 0 Å². The topological polar surface area (TPSA) is 3.24 Å². The Bertz CT molecular complexity index is 271. The van der Waals surface area contributed by atoms with E-state index in [2.05, 4.69) is 53.0 Å². The average Bonchev–Trinajstić information content (AvgIpc) is 2.24. The summed E-state index contributed by atoms with van der Waals surface area (Å²) in [5.74, 6) is 0.593. The Balaban J connectivity index is 2.79. The van der Waals surface area contributed by atoms with Gasteiger partial charge in [-0.25, -0.2) is 0 Å². The Morgan fingerprint density at radius 3 is 1.89 bits per heavy atom. The molecule has 1 aliphatic heterocycles.